The molecule has 72 valence electrons. The van der Waals surface area contributed by atoms with Crippen molar-refractivity contribution in [3.63, 3.8) is 0 Å². The van der Waals surface area contributed by atoms with Crippen LogP contribution in [0.2, 0.25) is 0 Å². The molecule has 1 fully saturated rings. The minimum Gasteiger partial charge on any atom is -0.365 e. The van der Waals surface area contributed by atoms with Crippen LogP contribution in [0.1, 0.15) is 18.1 Å². The summed E-state index contributed by atoms with van der Waals surface area (Å²) in [6, 6.07) is 6.06. The molecule has 0 aliphatic carbocycles. The minimum atomic E-state index is -0.0966. The Morgan fingerprint density at radius 2 is 2.29 bits per heavy atom. The highest BCUT2D eigenvalue weighted by Crippen LogP contribution is 2.39. The molecule has 0 saturated carbocycles. The third-order valence-corrected chi connectivity index (χ3v) is 2.92. The van der Waals surface area contributed by atoms with Crippen molar-refractivity contribution in [3.05, 3.63) is 29.3 Å². The third kappa shape index (κ3) is 1.06. The molecule has 1 amide bonds. The van der Waals surface area contributed by atoms with E-state index in [1.165, 1.54) is 5.56 Å². The number of epoxide rings is 1. The molecule has 1 aromatic rings. The van der Waals surface area contributed by atoms with E-state index < -0.39 is 0 Å². The zero-order valence-corrected chi connectivity index (χ0v) is 7.96. The van der Waals surface area contributed by atoms with E-state index in [9.17, 15) is 4.79 Å². The molecule has 0 aromatic heterocycles. The second kappa shape index (κ2) is 2.36. The van der Waals surface area contributed by atoms with Gasteiger partial charge in [-0.05, 0) is 24.1 Å². The number of nitrogens with one attached hydrogen (secondary N) is 1. The van der Waals surface area contributed by atoms with E-state index in [2.05, 4.69) is 18.3 Å². The van der Waals surface area contributed by atoms with Crippen LogP contribution in [0.15, 0.2) is 18.2 Å². The third-order valence-electron chi connectivity index (χ3n) is 2.92. The molecule has 2 aliphatic heterocycles. The van der Waals surface area contributed by atoms with E-state index in [4.69, 9.17) is 4.74 Å². The minimum absolute atomic E-state index is 0.0824. The van der Waals surface area contributed by atoms with Gasteiger partial charge in [0.05, 0.1) is 13.0 Å². The average Bonchev–Trinajstić information content (AvgIpc) is 2.79. The Bertz CT molecular complexity index is 421. The molecule has 14 heavy (non-hydrogen) atoms. The quantitative estimate of drug-likeness (QED) is 0.679. The molecular weight excluding hydrogens is 178 g/mol. The molecular formula is C11H11NO2. The van der Waals surface area contributed by atoms with Crippen molar-refractivity contribution in [2.45, 2.75) is 18.9 Å². The maximum atomic E-state index is 11.1. The van der Waals surface area contributed by atoms with Crippen molar-refractivity contribution in [2.24, 2.45) is 0 Å². The molecule has 3 rings (SSSR count). The molecule has 1 atom stereocenters. The zero-order valence-electron chi connectivity index (χ0n) is 7.96. The van der Waals surface area contributed by atoms with Crippen molar-refractivity contribution in [1.29, 1.82) is 0 Å². The van der Waals surface area contributed by atoms with Gasteiger partial charge in [0, 0.05) is 5.69 Å². The van der Waals surface area contributed by atoms with Gasteiger partial charge in [0.15, 0.2) is 0 Å². The number of carbonyl (C=O) groups excluding carboxylic acids is 1. The van der Waals surface area contributed by atoms with Gasteiger partial charge < -0.3 is 10.1 Å². The van der Waals surface area contributed by atoms with Gasteiger partial charge >= 0.3 is 0 Å². The molecule has 2 aliphatic rings. The first-order valence-electron chi connectivity index (χ1n) is 4.75. The Labute approximate surface area is 82.1 Å². The molecule has 2 heterocycles. The largest absolute Gasteiger partial charge is 0.365 e. The van der Waals surface area contributed by atoms with Crippen LogP contribution >= 0.6 is 0 Å². The summed E-state index contributed by atoms with van der Waals surface area (Å²) in [6.07, 6.45) is 0.499. The molecule has 0 radical (unpaired) electrons. The predicted molar refractivity (Wildman–Crippen MR) is 52.1 cm³/mol. The SMILES string of the molecule is CC1(c2ccc3c(c2)CC(=O)N3)CO1. The maximum Gasteiger partial charge on any atom is 0.228 e. The fourth-order valence-electron chi connectivity index (χ4n) is 1.83. The first kappa shape index (κ1) is 8.00. The summed E-state index contributed by atoms with van der Waals surface area (Å²) < 4.78 is 5.36. The lowest BCUT2D eigenvalue weighted by Crippen LogP contribution is -2.03. The fourth-order valence-corrected chi connectivity index (χ4v) is 1.83. The normalized spacial score (nSPS) is 28.5. The summed E-state index contributed by atoms with van der Waals surface area (Å²) >= 11 is 0. The van der Waals surface area contributed by atoms with Crippen LogP contribution in [0, 0.1) is 0 Å². The standard InChI is InChI=1S/C11H11NO2/c1-11(6-14-11)8-2-3-9-7(4-8)5-10(13)12-9/h2-4H,5-6H2,1H3,(H,12,13). The second-order valence-corrected chi connectivity index (χ2v) is 4.12. The number of hydrogen-bond acceptors (Lipinski definition) is 2. The van der Waals surface area contributed by atoms with Crippen molar-refractivity contribution in [3.8, 4) is 0 Å². The summed E-state index contributed by atoms with van der Waals surface area (Å²) in [7, 11) is 0. The summed E-state index contributed by atoms with van der Waals surface area (Å²) in [5.74, 6) is 0.0824. The van der Waals surface area contributed by atoms with Crippen LogP contribution in [0.3, 0.4) is 0 Å². The maximum absolute atomic E-state index is 11.1. The van der Waals surface area contributed by atoms with Crippen LogP contribution in [-0.2, 0) is 21.6 Å². The van der Waals surface area contributed by atoms with Crippen LogP contribution in [0.25, 0.3) is 0 Å². The molecule has 1 unspecified atom stereocenters. The number of rotatable bonds is 1. The van der Waals surface area contributed by atoms with Gasteiger partial charge in [-0.1, -0.05) is 12.1 Å². The van der Waals surface area contributed by atoms with Gasteiger partial charge in [0.1, 0.15) is 5.60 Å². The van der Waals surface area contributed by atoms with Crippen molar-refractivity contribution in [1.82, 2.24) is 0 Å². The molecule has 1 saturated heterocycles. The molecule has 0 spiro atoms. The first-order chi connectivity index (χ1) is 6.67. The van der Waals surface area contributed by atoms with E-state index in [1.54, 1.807) is 0 Å². The van der Waals surface area contributed by atoms with Gasteiger partial charge in [-0.2, -0.15) is 0 Å². The Kier molecular flexibility index (Phi) is 1.35. The van der Waals surface area contributed by atoms with Crippen LogP contribution in [0.5, 0.6) is 0 Å². The van der Waals surface area contributed by atoms with Crippen molar-refractivity contribution in [2.75, 3.05) is 11.9 Å². The lowest BCUT2D eigenvalue weighted by atomic mass is 9.99. The lowest BCUT2D eigenvalue weighted by Gasteiger charge is -2.07. The Morgan fingerprint density at radius 3 is 3.00 bits per heavy atom. The van der Waals surface area contributed by atoms with E-state index in [0.717, 1.165) is 17.9 Å². The van der Waals surface area contributed by atoms with E-state index in [-0.39, 0.29) is 11.5 Å². The number of carbonyl (C=O) groups is 1. The second-order valence-electron chi connectivity index (χ2n) is 4.12. The number of amides is 1. The zero-order chi connectivity index (χ0) is 9.76. The monoisotopic (exact) mass is 189 g/mol. The Morgan fingerprint density at radius 1 is 1.50 bits per heavy atom. The fraction of sp³-hybridized carbons (Fsp3) is 0.364. The topological polar surface area (TPSA) is 41.6 Å². The number of ether oxygens (including phenoxy) is 1. The van der Waals surface area contributed by atoms with Crippen LogP contribution in [0.4, 0.5) is 5.69 Å². The number of anilines is 1. The first-order valence-corrected chi connectivity index (χ1v) is 4.75. The smallest absolute Gasteiger partial charge is 0.228 e. The van der Waals surface area contributed by atoms with Crippen molar-refractivity contribution < 1.29 is 9.53 Å². The Balaban J connectivity index is 2.04. The van der Waals surface area contributed by atoms with Gasteiger partial charge in [-0.15, -0.1) is 0 Å². The molecule has 1 aromatic carbocycles. The molecule has 3 nitrogen and oxygen atoms in total. The molecule has 0 bridgehead atoms. The highest BCUT2D eigenvalue weighted by atomic mass is 16.6. The highest BCUT2D eigenvalue weighted by molar-refractivity contribution is 5.99. The number of hydrogen-bond donors (Lipinski definition) is 1. The van der Waals surface area contributed by atoms with E-state index >= 15 is 0 Å². The van der Waals surface area contributed by atoms with Crippen LogP contribution in [-0.4, -0.2) is 12.5 Å². The van der Waals surface area contributed by atoms with Gasteiger partial charge in [0.25, 0.3) is 0 Å². The highest BCUT2D eigenvalue weighted by Gasteiger charge is 2.41. The predicted octanol–water partition coefficient (Wildman–Crippen LogP) is 1.43. The van der Waals surface area contributed by atoms with Crippen LogP contribution < -0.4 is 5.32 Å². The Hall–Kier alpha value is -1.35. The van der Waals surface area contributed by atoms with E-state index in [0.29, 0.717) is 6.42 Å². The van der Waals surface area contributed by atoms with Gasteiger partial charge in [0.2, 0.25) is 5.91 Å². The lowest BCUT2D eigenvalue weighted by molar-refractivity contribution is -0.115. The summed E-state index contributed by atoms with van der Waals surface area (Å²) in [6.45, 7) is 2.85. The number of benzene rings is 1. The number of fused-ring (bicyclic) bond motifs is 1. The molecule has 3 heteroatoms. The molecule has 1 N–H and O–H groups in total. The van der Waals surface area contributed by atoms with Crippen molar-refractivity contribution >= 4 is 11.6 Å². The summed E-state index contributed by atoms with van der Waals surface area (Å²) in [5, 5.41) is 2.82. The average molecular weight is 189 g/mol. The summed E-state index contributed by atoms with van der Waals surface area (Å²) in [5.41, 5.74) is 3.11. The van der Waals surface area contributed by atoms with E-state index in [1.807, 2.05) is 12.1 Å². The van der Waals surface area contributed by atoms with Gasteiger partial charge in [-0.25, -0.2) is 0 Å². The van der Waals surface area contributed by atoms with Gasteiger partial charge in [-0.3, -0.25) is 4.79 Å². The summed E-state index contributed by atoms with van der Waals surface area (Å²) in [4.78, 5) is 11.1.